The van der Waals surface area contributed by atoms with E-state index in [1.807, 2.05) is 49.4 Å². The minimum atomic E-state index is 0.707. The van der Waals surface area contributed by atoms with Gasteiger partial charge in [-0.3, -0.25) is 0 Å². The summed E-state index contributed by atoms with van der Waals surface area (Å²) in [7, 11) is 0. The molecule has 0 fully saturated rings. The molecule has 3 rings (SSSR count). The molecule has 0 aliphatic rings. The molecular formula is C19H19ClO2. The number of furan rings is 1. The Morgan fingerprint density at radius 2 is 1.95 bits per heavy atom. The van der Waals surface area contributed by atoms with Crippen LogP contribution < -0.4 is 4.74 Å². The van der Waals surface area contributed by atoms with Crippen LogP contribution in [0.3, 0.4) is 0 Å². The van der Waals surface area contributed by atoms with Crippen LogP contribution in [0, 0.1) is 6.92 Å². The molecule has 1 aromatic heterocycles. The lowest BCUT2D eigenvalue weighted by Crippen LogP contribution is -1.95. The van der Waals surface area contributed by atoms with Crippen LogP contribution in [0.5, 0.6) is 5.75 Å². The molecule has 0 aliphatic heterocycles. The minimum absolute atomic E-state index is 0.707. The number of unbranched alkanes of at least 4 members (excludes halogenated alkanes) is 1. The number of hydrogen-bond donors (Lipinski definition) is 0. The second-order valence-electron chi connectivity index (χ2n) is 5.50. The monoisotopic (exact) mass is 314 g/mol. The first-order valence-electron chi connectivity index (χ1n) is 7.60. The first-order chi connectivity index (χ1) is 10.7. The Kier molecular flexibility index (Phi) is 4.39. The number of aryl methyl sites for hydroxylation is 1. The third-order valence-electron chi connectivity index (χ3n) is 3.64. The number of hydrogen-bond acceptors (Lipinski definition) is 2. The molecule has 0 saturated carbocycles. The summed E-state index contributed by atoms with van der Waals surface area (Å²) in [5.41, 5.74) is 2.89. The predicted octanol–water partition coefficient (Wildman–Crippen LogP) is 6.24. The fraction of sp³-hybridized carbons (Fsp3) is 0.263. The fourth-order valence-corrected chi connectivity index (χ4v) is 2.73. The summed E-state index contributed by atoms with van der Waals surface area (Å²) in [6.45, 7) is 4.92. The quantitative estimate of drug-likeness (QED) is 0.520. The summed E-state index contributed by atoms with van der Waals surface area (Å²) in [5, 5.41) is 1.74. The zero-order chi connectivity index (χ0) is 15.5. The molecule has 0 aliphatic carbocycles. The highest BCUT2D eigenvalue weighted by Gasteiger charge is 2.10. The van der Waals surface area contributed by atoms with Crippen molar-refractivity contribution in [1.29, 1.82) is 0 Å². The van der Waals surface area contributed by atoms with Crippen LogP contribution in [-0.2, 0) is 0 Å². The first kappa shape index (κ1) is 15.0. The van der Waals surface area contributed by atoms with Gasteiger partial charge in [-0.15, -0.1) is 0 Å². The second-order valence-corrected chi connectivity index (χ2v) is 5.90. The zero-order valence-corrected chi connectivity index (χ0v) is 13.6. The van der Waals surface area contributed by atoms with Crippen molar-refractivity contribution in [2.75, 3.05) is 6.61 Å². The molecule has 0 atom stereocenters. The van der Waals surface area contributed by atoms with Crippen LogP contribution in [0.25, 0.3) is 22.3 Å². The molecule has 0 saturated heterocycles. The third kappa shape index (κ3) is 3.12. The molecule has 2 aromatic carbocycles. The van der Waals surface area contributed by atoms with E-state index >= 15 is 0 Å². The standard InChI is InChI=1S/C19H19ClO2/c1-3-4-9-21-15-6-8-18-14(11-15)12-19(22-18)16-7-5-13(2)10-17(16)20/h5-8,10-12H,3-4,9H2,1-2H3. The van der Waals surface area contributed by atoms with Crippen LogP contribution in [0.4, 0.5) is 0 Å². The number of benzene rings is 2. The second kappa shape index (κ2) is 6.45. The van der Waals surface area contributed by atoms with Gasteiger partial charge in [-0.1, -0.05) is 31.0 Å². The van der Waals surface area contributed by atoms with Crippen LogP contribution in [0.1, 0.15) is 25.3 Å². The molecule has 0 unspecified atom stereocenters. The summed E-state index contributed by atoms with van der Waals surface area (Å²) in [5.74, 6) is 1.66. The molecule has 0 N–H and O–H groups in total. The molecule has 0 amide bonds. The van der Waals surface area contributed by atoms with Crippen LogP contribution in [0.2, 0.25) is 5.02 Å². The van der Waals surface area contributed by atoms with Gasteiger partial charge >= 0.3 is 0 Å². The van der Waals surface area contributed by atoms with E-state index in [-0.39, 0.29) is 0 Å². The van der Waals surface area contributed by atoms with Gasteiger partial charge in [0.25, 0.3) is 0 Å². The summed E-state index contributed by atoms with van der Waals surface area (Å²) in [6.07, 6.45) is 2.19. The highest BCUT2D eigenvalue weighted by atomic mass is 35.5. The Bertz CT molecular complexity index is 789. The van der Waals surface area contributed by atoms with E-state index in [1.165, 1.54) is 0 Å². The van der Waals surface area contributed by atoms with Gasteiger partial charge in [0.05, 0.1) is 11.6 Å². The average molecular weight is 315 g/mol. The van der Waals surface area contributed by atoms with E-state index in [4.69, 9.17) is 20.8 Å². The molecule has 0 spiro atoms. The van der Waals surface area contributed by atoms with Gasteiger partial charge in [0.1, 0.15) is 17.1 Å². The largest absolute Gasteiger partial charge is 0.494 e. The zero-order valence-electron chi connectivity index (χ0n) is 12.9. The fourth-order valence-electron chi connectivity index (χ4n) is 2.40. The Morgan fingerprint density at radius 3 is 2.73 bits per heavy atom. The maximum atomic E-state index is 6.32. The van der Waals surface area contributed by atoms with Crippen molar-refractivity contribution < 1.29 is 9.15 Å². The van der Waals surface area contributed by atoms with Crippen molar-refractivity contribution in [1.82, 2.24) is 0 Å². The van der Waals surface area contributed by atoms with Gasteiger partial charge < -0.3 is 9.15 Å². The van der Waals surface area contributed by atoms with Crippen LogP contribution >= 0.6 is 11.6 Å². The molecule has 3 aromatic rings. The van der Waals surface area contributed by atoms with Crippen molar-refractivity contribution in [2.45, 2.75) is 26.7 Å². The van der Waals surface area contributed by atoms with Crippen molar-refractivity contribution >= 4 is 22.6 Å². The molecule has 0 bridgehead atoms. The van der Waals surface area contributed by atoms with Gasteiger partial charge in [0, 0.05) is 10.9 Å². The van der Waals surface area contributed by atoms with Gasteiger partial charge in [-0.05, 0) is 55.3 Å². The van der Waals surface area contributed by atoms with Crippen molar-refractivity contribution in [3.63, 3.8) is 0 Å². The van der Waals surface area contributed by atoms with E-state index in [0.29, 0.717) is 5.02 Å². The smallest absolute Gasteiger partial charge is 0.136 e. The van der Waals surface area contributed by atoms with Crippen molar-refractivity contribution in [3.8, 4) is 17.1 Å². The molecule has 3 heteroatoms. The van der Waals surface area contributed by atoms with Crippen molar-refractivity contribution in [2.24, 2.45) is 0 Å². The maximum Gasteiger partial charge on any atom is 0.136 e. The van der Waals surface area contributed by atoms with E-state index in [9.17, 15) is 0 Å². The number of fused-ring (bicyclic) bond motifs is 1. The summed E-state index contributed by atoms with van der Waals surface area (Å²) >= 11 is 6.32. The Hall–Kier alpha value is -1.93. The maximum absolute atomic E-state index is 6.32. The predicted molar refractivity (Wildman–Crippen MR) is 91.8 cm³/mol. The Labute approximate surface area is 135 Å². The van der Waals surface area contributed by atoms with E-state index in [0.717, 1.165) is 53.1 Å². The minimum Gasteiger partial charge on any atom is -0.494 e. The highest BCUT2D eigenvalue weighted by Crippen LogP contribution is 2.34. The lowest BCUT2D eigenvalue weighted by atomic mass is 10.1. The van der Waals surface area contributed by atoms with Gasteiger partial charge in [-0.2, -0.15) is 0 Å². The van der Waals surface area contributed by atoms with Crippen molar-refractivity contribution in [3.05, 3.63) is 53.1 Å². The molecule has 0 radical (unpaired) electrons. The molecule has 22 heavy (non-hydrogen) atoms. The SMILES string of the molecule is CCCCOc1ccc2oc(-c3ccc(C)cc3Cl)cc2c1. The molecular weight excluding hydrogens is 296 g/mol. The van der Waals surface area contributed by atoms with Gasteiger partial charge in [0.15, 0.2) is 0 Å². The highest BCUT2D eigenvalue weighted by molar-refractivity contribution is 6.33. The Balaban J connectivity index is 1.92. The first-order valence-corrected chi connectivity index (χ1v) is 7.98. The lowest BCUT2D eigenvalue weighted by Gasteiger charge is -2.04. The topological polar surface area (TPSA) is 22.4 Å². The van der Waals surface area contributed by atoms with Gasteiger partial charge in [0.2, 0.25) is 0 Å². The van der Waals surface area contributed by atoms with E-state index < -0.39 is 0 Å². The third-order valence-corrected chi connectivity index (χ3v) is 3.96. The molecule has 1 heterocycles. The average Bonchev–Trinajstić information content (AvgIpc) is 2.90. The molecule has 114 valence electrons. The molecule has 2 nitrogen and oxygen atoms in total. The lowest BCUT2D eigenvalue weighted by molar-refractivity contribution is 0.310. The number of ether oxygens (including phenoxy) is 1. The van der Waals surface area contributed by atoms with Gasteiger partial charge in [-0.25, -0.2) is 0 Å². The normalized spacial score (nSPS) is 11.0. The van der Waals surface area contributed by atoms with E-state index in [1.54, 1.807) is 0 Å². The summed E-state index contributed by atoms with van der Waals surface area (Å²) < 4.78 is 11.7. The van der Waals surface area contributed by atoms with Crippen LogP contribution in [0.15, 0.2) is 46.9 Å². The van der Waals surface area contributed by atoms with Crippen LogP contribution in [-0.4, -0.2) is 6.61 Å². The summed E-state index contributed by atoms with van der Waals surface area (Å²) in [4.78, 5) is 0. The Morgan fingerprint density at radius 1 is 1.09 bits per heavy atom. The number of rotatable bonds is 5. The number of halogens is 1. The van der Waals surface area contributed by atoms with E-state index in [2.05, 4.69) is 6.92 Å². The summed E-state index contributed by atoms with van der Waals surface area (Å²) in [6, 6.07) is 13.9.